The maximum atomic E-state index is 12.4. The van der Waals surface area contributed by atoms with Gasteiger partial charge in [0.2, 0.25) is 5.88 Å². The molecule has 21 heavy (non-hydrogen) atoms. The van der Waals surface area contributed by atoms with Crippen LogP contribution in [0.2, 0.25) is 0 Å². The normalized spacial score (nSPS) is 17.8. The van der Waals surface area contributed by atoms with Gasteiger partial charge in [-0.15, -0.1) is 0 Å². The Morgan fingerprint density at radius 1 is 1.38 bits per heavy atom. The molecule has 2 N–H and O–H groups in total. The summed E-state index contributed by atoms with van der Waals surface area (Å²) in [5.74, 6) is 0.933. The van der Waals surface area contributed by atoms with E-state index in [1.165, 1.54) is 6.20 Å². The first kappa shape index (κ1) is 13.5. The molecule has 0 unspecified atom stereocenters. The highest BCUT2D eigenvalue weighted by Crippen LogP contribution is 2.21. The number of hydrogen-bond donors (Lipinski definition) is 1. The number of likely N-dealkylation sites (tertiary alicyclic amines) is 1. The van der Waals surface area contributed by atoms with E-state index in [9.17, 15) is 4.79 Å². The lowest BCUT2D eigenvalue weighted by molar-refractivity contribution is 0.0790. The summed E-state index contributed by atoms with van der Waals surface area (Å²) in [7, 11) is 0. The highest BCUT2D eigenvalue weighted by Gasteiger charge is 2.24. The summed E-state index contributed by atoms with van der Waals surface area (Å²) in [6, 6.07) is 7.13. The lowest BCUT2D eigenvalue weighted by Crippen LogP contribution is -2.31. The molecule has 1 aliphatic heterocycles. The Kier molecular flexibility index (Phi) is 3.79. The third-order valence-electron chi connectivity index (χ3n) is 3.35. The van der Waals surface area contributed by atoms with Gasteiger partial charge in [0.05, 0.1) is 6.20 Å². The minimum absolute atomic E-state index is 0.0208. The molecule has 6 heteroatoms. The summed E-state index contributed by atoms with van der Waals surface area (Å²) >= 11 is 0. The number of rotatable bonds is 3. The molecule has 2 heterocycles. The SMILES string of the molecule is N[C@@H]1CCN(C(=O)c2cccc(Oc3cnccn3)c2)C1. The lowest BCUT2D eigenvalue weighted by atomic mass is 10.2. The van der Waals surface area contributed by atoms with Gasteiger partial charge in [0, 0.05) is 37.1 Å². The second-order valence-electron chi connectivity index (χ2n) is 4.97. The number of amides is 1. The smallest absolute Gasteiger partial charge is 0.254 e. The van der Waals surface area contributed by atoms with E-state index in [1.807, 2.05) is 0 Å². The van der Waals surface area contributed by atoms with Gasteiger partial charge < -0.3 is 15.4 Å². The fourth-order valence-corrected chi connectivity index (χ4v) is 2.31. The molecule has 1 atom stereocenters. The molecule has 1 aromatic carbocycles. The number of carbonyl (C=O) groups excluding carboxylic acids is 1. The Hall–Kier alpha value is -2.47. The minimum Gasteiger partial charge on any atom is -0.437 e. The molecule has 0 saturated carbocycles. The van der Waals surface area contributed by atoms with Gasteiger partial charge in [-0.1, -0.05) is 6.07 Å². The molecule has 0 bridgehead atoms. The summed E-state index contributed by atoms with van der Waals surface area (Å²) < 4.78 is 5.58. The highest BCUT2D eigenvalue weighted by atomic mass is 16.5. The van der Waals surface area contributed by atoms with Crippen molar-refractivity contribution in [1.29, 1.82) is 0 Å². The number of hydrogen-bond acceptors (Lipinski definition) is 5. The van der Waals surface area contributed by atoms with Crippen molar-refractivity contribution in [3.8, 4) is 11.6 Å². The van der Waals surface area contributed by atoms with Gasteiger partial charge in [-0.05, 0) is 24.6 Å². The van der Waals surface area contributed by atoms with Crippen molar-refractivity contribution in [3.63, 3.8) is 0 Å². The van der Waals surface area contributed by atoms with Crippen LogP contribution in [-0.4, -0.2) is 39.9 Å². The molecule has 1 amide bonds. The van der Waals surface area contributed by atoms with E-state index in [-0.39, 0.29) is 11.9 Å². The van der Waals surface area contributed by atoms with E-state index in [0.29, 0.717) is 30.3 Å². The topological polar surface area (TPSA) is 81.3 Å². The second kappa shape index (κ2) is 5.88. The molecule has 3 rings (SSSR count). The van der Waals surface area contributed by atoms with Crippen LogP contribution < -0.4 is 10.5 Å². The molecule has 1 fully saturated rings. The number of benzene rings is 1. The molecule has 1 aliphatic rings. The van der Waals surface area contributed by atoms with Crippen molar-refractivity contribution in [2.75, 3.05) is 13.1 Å². The van der Waals surface area contributed by atoms with Crippen molar-refractivity contribution in [1.82, 2.24) is 14.9 Å². The van der Waals surface area contributed by atoms with Gasteiger partial charge >= 0.3 is 0 Å². The summed E-state index contributed by atoms with van der Waals surface area (Å²) in [6.07, 6.45) is 5.49. The predicted octanol–water partition coefficient (Wildman–Crippen LogP) is 1.44. The Balaban J connectivity index is 1.75. The Morgan fingerprint density at radius 2 is 2.29 bits per heavy atom. The molecule has 0 radical (unpaired) electrons. The van der Waals surface area contributed by atoms with Crippen LogP contribution in [0.3, 0.4) is 0 Å². The van der Waals surface area contributed by atoms with Crippen LogP contribution in [0.25, 0.3) is 0 Å². The number of ether oxygens (including phenoxy) is 1. The maximum Gasteiger partial charge on any atom is 0.254 e. The molecule has 0 spiro atoms. The zero-order valence-electron chi connectivity index (χ0n) is 11.5. The fraction of sp³-hybridized carbons (Fsp3) is 0.267. The lowest BCUT2D eigenvalue weighted by Gasteiger charge is -2.16. The van der Waals surface area contributed by atoms with Crippen LogP contribution in [0.4, 0.5) is 0 Å². The van der Waals surface area contributed by atoms with Gasteiger partial charge in [0.15, 0.2) is 0 Å². The molecule has 1 aromatic heterocycles. The Labute approximate surface area is 122 Å². The van der Waals surface area contributed by atoms with Gasteiger partial charge in [-0.2, -0.15) is 0 Å². The van der Waals surface area contributed by atoms with E-state index in [4.69, 9.17) is 10.5 Å². The Bertz CT molecular complexity index is 633. The average molecular weight is 284 g/mol. The summed E-state index contributed by atoms with van der Waals surface area (Å²) in [5.41, 5.74) is 6.43. The predicted molar refractivity (Wildman–Crippen MR) is 77.0 cm³/mol. The molecule has 108 valence electrons. The summed E-state index contributed by atoms with van der Waals surface area (Å²) in [6.45, 7) is 1.31. The van der Waals surface area contributed by atoms with Crippen LogP contribution in [0.5, 0.6) is 11.6 Å². The van der Waals surface area contributed by atoms with Crippen LogP contribution in [0, 0.1) is 0 Å². The molecule has 0 aliphatic carbocycles. The molecule has 2 aromatic rings. The first-order valence-corrected chi connectivity index (χ1v) is 6.81. The molecule has 1 saturated heterocycles. The number of nitrogens with two attached hydrogens (primary N) is 1. The zero-order valence-corrected chi connectivity index (χ0v) is 11.5. The quantitative estimate of drug-likeness (QED) is 0.922. The maximum absolute atomic E-state index is 12.4. The third kappa shape index (κ3) is 3.17. The summed E-state index contributed by atoms with van der Waals surface area (Å²) in [4.78, 5) is 22.1. The van der Waals surface area contributed by atoms with Gasteiger partial charge in [0.25, 0.3) is 5.91 Å². The molecular weight excluding hydrogens is 268 g/mol. The number of aromatic nitrogens is 2. The molecular formula is C15H16N4O2. The number of carbonyl (C=O) groups is 1. The zero-order chi connectivity index (χ0) is 14.7. The minimum atomic E-state index is -0.0208. The van der Waals surface area contributed by atoms with Gasteiger partial charge in [-0.25, -0.2) is 4.98 Å². The highest BCUT2D eigenvalue weighted by molar-refractivity contribution is 5.94. The van der Waals surface area contributed by atoms with Crippen molar-refractivity contribution in [2.24, 2.45) is 5.73 Å². The van der Waals surface area contributed by atoms with Crippen LogP contribution in [0.1, 0.15) is 16.8 Å². The van der Waals surface area contributed by atoms with Gasteiger partial charge in [-0.3, -0.25) is 9.78 Å². The van der Waals surface area contributed by atoms with Crippen LogP contribution in [-0.2, 0) is 0 Å². The van der Waals surface area contributed by atoms with Crippen molar-refractivity contribution in [2.45, 2.75) is 12.5 Å². The van der Waals surface area contributed by atoms with Crippen molar-refractivity contribution >= 4 is 5.91 Å². The first-order chi connectivity index (χ1) is 10.2. The Morgan fingerprint density at radius 3 is 3.00 bits per heavy atom. The van der Waals surface area contributed by atoms with E-state index in [1.54, 1.807) is 41.6 Å². The molecule has 6 nitrogen and oxygen atoms in total. The second-order valence-corrected chi connectivity index (χ2v) is 4.97. The largest absolute Gasteiger partial charge is 0.437 e. The van der Waals surface area contributed by atoms with Crippen molar-refractivity contribution < 1.29 is 9.53 Å². The number of nitrogens with zero attached hydrogens (tertiary/aromatic N) is 3. The average Bonchev–Trinajstić information content (AvgIpc) is 2.94. The third-order valence-corrected chi connectivity index (χ3v) is 3.35. The summed E-state index contributed by atoms with van der Waals surface area (Å²) in [5, 5.41) is 0. The van der Waals surface area contributed by atoms with Crippen molar-refractivity contribution in [3.05, 3.63) is 48.4 Å². The van der Waals surface area contributed by atoms with Gasteiger partial charge in [0.1, 0.15) is 5.75 Å². The standard InChI is InChI=1S/C15H16N4O2/c16-12-4-7-19(10-12)15(20)11-2-1-3-13(8-11)21-14-9-17-5-6-18-14/h1-3,5-6,8-9,12H,4,7,10,16H2/t12-/m1/s1. The van der Waals surface area contributed by atoms with E-state index in [2.05, 4.69) is 9.97 Å². The first-order valence-electron chi connectivity index (χ1n) is 6.81. The van der Waals surface area contributed by atoms with E-state index >= 15 is 0 Å². The fourth-order valence-electron chi connectivity index (χ4n) is 2.31. The van der Waals surface area contributed by atoms with E-state index < -0.39 is 0 Å². The van der Waals surface area contributed by atoms with Crippen LogP contribution in [0.15, 0.2) is 42.9 Å². The van der Waals surface area contributed by atoms with E-state index in [0.717, 1.165) is 6.42 Å². The van der Waals surface area contributed by atoms with Crippen LogP contribution >= 0.6 is 0 Å². The monoisotopic (exact) mass is 284 g/mol.